The molecule has 0 aliphatic heterocycles. The predicted octanol–water partition coefficient (Wildman–Crippen LogP) is 4.01. The fraction of sp³-hybridized carbons (Fsp3) is 0.136. The van der Waals surface area contributed by atoms with Gasteiger partial charge in [-0.2, -0.15) is 0 Å². The van der Waals surface area contributed by atoms with Crippen LogP contribution in [0.1, 0.15) is 9.80 Å². The average molecular weight is 404 g/mol. The monoisotopic (exact) mass is 403 g/mol. The van der Waals surface area contributed by atoms with Gasteiger partial charge in [0.2, 0.25) is 0 Å². The summed E-state index contributed by atoms with van der Waals surface area (Å²) in [5.41, 5.74) is 10.4. The van der Waals surface area contributed by atoms with Gasteiger partial charge in [-0.1, -0.05) is 18.2 Å². The smallest absolute Gasteiger partial charge is 0.284 e. The normalized spacial score (nSPS) is 10.8. The lowest BCUT2D eigenvalue weighted by Crippen LogP contribution is -2.25. The zero-order chi connectivity index (χ0) is 20.2. The molecule has 4 aromatic rings. The third-order valence-corrected chi connectivity index (χ3v) is 5.59. The van der Waals surface area contributed by atoms with Crippen molar-refractivity contribution in [2.24, 2.45) is 5.73 Å². The van der Waals surface area contributed by atoms with Crippen molar-refractivity contribution < 1.29 is 4.79 Å². The van der Waals surface area contributed by atoms with Gasteiger partial charge in [0.05, 0.1) is 10.4 Å². The van der Waals surface area contributed by atoms with Crippen molar-refractivity contribution >= 4 is 38.8 Å². The number of carbonyl (C=O) groups excluding carboxylic acids is 1. The van der Waals surface area contributed by atoms with Gasteiger partial charge in [-0.25, -0.2) is 4.98 Å². The zero-order valence-corrected chi connectivity index (χ0v) is 16.8. The molecule has 3 N–H and O–H groups in total. The molecular formula is C22H21N5OS. The summed E-state index contributed by atoms with van der Waals surface area (Å²) in [5, 5.41) is 3.34. The Bertz CT molecular complexity index is 1130. The number of rotatable bonds is 6. The summed E-state index contributed by atoms with van der Waals surface area (Å²) in [4.78, 5) is 23.6. The summed E-state index contributed by atoms with van der Waals surface area (Å²) < 4.78 is 0.955. The van der Waals surface area contributed by atoms with E-state index in [0.717, 1.165) is 32.7 Å². The number of carbonyl (C=O) groups is 1. The van der Waals surface area contributed by atoms with E-state index in [2.05, 4.69) is 32.3 Å². The van der Waals surface area contributed by atoms with E-state index < -0.39 is 0 Å². The van der Waals surface area contributed by atoms with Crippen LogP contribution in [0.25, 0.3) is 21.3 Å². The quantitative estimate of drug-likeness (QED) is 0.508. The number of likely N-dealkylation sites (N-methyl/N-ethyl adjacent to an activating group) is 1. The zero-order valence-electron chi connectivity index (χ0n) is 16.0. The van der Waals surface area contributed by atoms with Crippen LogP contribution >= 0.6 is 11.3 Å². The van der Waals surface area contributed by atoms with Crippen LogP contribution in [0.2, 0.25) is 0 Å². The fourth-order valence-corrected chi connectivity index (χ4v) is 4.05. The summed E-state index contributed by atoms with van der Waals surface area (Å²) >= 11 is 1.39. The van der Waals surface area contributed by atoms with Crippen LogP contribution in [-0.4, -0.2) is 36.0 Å². The lowest BCUT2D eigenvalue weighted by molar-refractivity contribution is 0.102. The Kier molecular flexibility index (Phi) is 5.50. The van der Waals surface area contributed by atoms with Crippen molar-refractivity contribution in [3.8, 4) is 11.1 Å². The number of nitrogens with one attached hydrogen (secondary N) is 1. The number of benzene rings is 2. The highest BCUT2D eigenvalue weighted by Crippen LogP contribution is 2.35. The number of amides is 1. The van der Waals surface area contributed by atoms with Crippen LogP contribution in [-0.2, 0) is 0 Å². The Morgan fingerprint density at radius 1 is 1.10 bits per heavy atom. The highest BCUT2D eigenvalue weighted by Gasteiger charge is 2.18. The van der Waals surface area contributed by atoms with Gasteiger partial charge < -0.3 is 16.0 Å². The van der Waals surface area contributed by atoms with Gasteiger partial charge >= 0.3 is 0 Å². The molecular weight excluding hydrogens is 382 g/mol. The van der Waals surface area contributed by atoms with E-state index in [4.69, 9.17) is 5.73 Å². The van der Waals surface area contributed by atoms with Crippen molar-refractivity contribution in [1.29, 1.82) is 0 Å². The molecule has 0 saturated carbocycles. The fourth-order valence-electron chi connectivity index (χ4n) is 3.13. The Hall–Kier alpha value is -3.29. The molecule has 0 fully saturated rings. The lowest BCUT2D eigenvalue weighted by atomic mass is 10.1. The molecule has 0 aliphatic carbocycles. The van der Waals surface area contributed by atoms with Gasteiger partial charge in [-0.15, -0.1) is 11.3 Å². The molecule has 0 saturated heterocycles. The van der Waals surface area contributed by atoms with Crippen LogP contribution < -0.4 is 16.0 Å². The number of thiazole rings is 1. The molecule has 0 spiro atoms. The SMILES string of the molecule is CN(CCN)c1cc(-c2ccncc2)cc2sc(C(=O)Nc3ccccc3)nc12. The van der Waals surface area contributed by atoms with E-state index in [-0.39, 0.29) is 5.91 Å². The topological polar surface area (TPSA) is 84.1 Å². The Morgan fingerprint density at radius 2 is 1.86 bits per heavy atom. The minimum absolute atomic E-state index is 0.213. The first-order valence-corrected chi connectivity index (χ1v) is 10.1. The molecule has 0 radical (unpaired) electrons. The average Bonchev–Trinajstić information content (AvgIpc) is 3.19. The third-order valence-electron chi connectivity index (χ3n) is 4.59. The molecule has 1 amide bonds. The second-order valence-corrected chi connectivity index (χ2v) is 7.66. The molecule has 4 rings (SSSR count). The number of hydrogen-bond acceptors (Lipinski definition) is 6. The van der Waals surface area contributed by atoms with Crippen LogP contribution in [0.15, 0.2) is 67.0 Å². The molecule has 0 unspecified atom stereocenters. The van der Waals surface area contributed by atoms with Gasteiger partial charge in [0.25, 0.3) is 5.91 Å². The number of pyridine rings is 1. The molecule has 2 aromatic carbocycles. The number of nitrogens with zero attached hydrogens (tertiary/aromatic N) is 3. The van der Waals surface area contributed by atoms with Crippen molar-refractivity contribution in [3.05, 3.63) is 72.0 Å². The van der Waals surface area contributed by atoms with Gasteiger partial charge in [0.1, 0.15) is 5.52 Å². The molecule has 0 atom stereocenters. The second-order valence-electron chi connectivity index (χ2n) is 6.63. The minimum Gasteiger partial charge on any atom is -0.372 e. The van der Waals surface area contributed by atoms with Crippen LogP contribution in [0.3, 0.4) is 0 Å². The molecule has 0 bridgehead atoms. The second kappa shape index (κ2) is 8.38. The standard InChI is InChI=1S/C22H21N5OS/c1-27(12-9-23)18-13-16(15-7-10-24-11-8-15)14-19-20(18)26-22(29-19)21(28)25-17-5-3-2-4-6-17/h2-8,10-11,13-14H,9,12,23H2,1H3,(H,25,28). The van der Waals surface area contributed by atoms with Gasteiger partial charge in [0.15, 0.2) is 5.01 Å². The molecule has 0 aliphatic rings. The van der Waals surface area contributed by atoms with Crippen molar-refractivity contribution in [3.63, 3.8) is 0 Å². The van der Waals surface area contributed by atoms with E-state index in [0.29, 0.717) is 18.1 Å². The maximum atomic E-state index is 12.7. The first kappa shape index (κ1) is 19.0. The number of fused-ring (bicyclic) bond motifs is 1. The number of para-hydroxylation sites is 1. The summed E-state index contributed by atoms with van der Waals surface area (Å²) in [6, 6.07) is 17.5. The maximum Gasteiger partial charge on any atom is 0.284 e. The largest absolute Gasteiger partial charge is 0.372 e. The van der Waals surface area contributed by atoms with Gasteiger partial charge in [0, 0.05) is 38.2 Å². The molecule has 6 nitrogen and oxygen atoms in total. The molecule has 2 aromatic heterocycles. The summed E-state index contributed by atoms with van der Waals surface area (Å²) in [6.45, 7) is 1.22. The summed E-state index contributed by atoms with van der Waals surface area (Å²) in [6.07, 6.45) is 3.54. The minimum atomic E-state index is -0.213. The highest BCUT2D eigenvalue weighted by atomic mass is 32.1. The van der Waals surface area contributed by atoms with E-state index in [1.165, 1.54) is 11.3 Å². The van der Waals surface area contributed by atoms with Crippen molar-refractivity contribution in [2.45, 2.75) is 0 Å². The summed E-state index contributed by atoms with van der Waals surface area (Å²) in [5.74, 6) is -0.213. The van der Waals surface area contributed by atoms with E-state index in [9.17, 15) is 4.79 Å². The van der Waals surface area contributed by atoms with E-state index in [1.54, 1.807) is 12.4 Å². The molecule has 29 heavy (non-hydrogen) atoms. The van der Waals surface area contributed by atoms with Crippen molar-refractivity contribution in [2.75, 3.05) is 30.4 Å². The summed E-state index contributed by atoms with van der Waals surface area (Å²) in [7, 11) is 1.99. The van der Waals surface area contributed by atoms with Crippen LogP contribution in [0, 0.1) is 0 Å². The highest BCUT2D eigenvalue weighted by molar-refractivity contribution is 7.20. The number of aromatic nitrogens is 2. The third kappa shape index (κ3) is 4.11. The van der Waals surface area contributed by atoms with Gasteiger partial charge in [-0.05, 0) is 47.5 Å². The number of anilines is 2. The Balaban J connectivity index is 1.77. The number of nitrogens with two attached hydrogens (primary N) is 1. The number of hydrogen-bond donors (Lipinski definition) is 2. The first-order valence-electron chi connectivity index (χ1n) is 9.28. The van der Waals surface area contributed by atoms with Crippen molar-refractivity contribution in [1.82, 2.24) is 9.97 Å². The van der Waals surface area contributed by atoms with E-state index in [1.807, 2.05) is 49.5 Å². The molecule has 7 heteroatoms. The predicted molar refractivity (Wildman–Crippen MR) is 120 cm³/mol. The first-order chi connectivity index (χ1) is 14.2. The Morgan fingerprint density at radius 3 is 2.59 bits per heavy atom. The molecule has 2 heterocycles. The van der Waals surface area contributed by atoms with Crippen LogP contribution in [0.4, 0.5) is 11.4 Å². The Labute approximate surface area is 173 Å². The van der Waals surface area contributed by atoms with Crippen LogP contribution in [0.5, 0.6) is 0 Å². The van der Waals surface area contributed by atoms with Gasteiger partial charge in [-0.3, -0.25) is 9.78 Å². The van der Waals surface area contributed by atoms with E-state index >= 15 is 0 Å². The lowest BCUT2D eigenvalue weighted by Gasteiger charge is -2.19. The maximum absolute atomic E-state index is 12.7. The molecule has 146 valence electrons.